The van der Waals surface area contributed by atoms with E-state index in [0.29, 0.717) is 23.3 Å². The van der Waals surface area contributed by atoms with E-state index in [4.69, 9.17) is 4.74 Å². The summed E-state index contributed by atoms with van der Waals surface area (Å²) < 4.78 is 21.0. The molecule has 4 atom stereocenters. The van der Waals surface area contributed by atoms with Gasteiger partial charge in [0.25, 0.3) is 0 Å². The summed E-state index contributed by atoms with van der Waals surface area (Å²) in [4.78, 5) is 28.6. The Morgan fingerprint density at radius 3 is 2.33 bits per heavy atom. The number of aliphatic hydroxyl groups is 2. The van der Waals surface area contributed by atoms with Gasteiger partial charge < -0.3 is 25.2 Å². The van der Waals surface area contributed by atoms with E-state index in [1.807, 2.05) is 18.2 Å². The van der Waals surface area contributed by atoms with E-state index in [1.165, 1.54) is 43.1 Å². The van der Waals surface area contributed by atoms with Gasteiger partial charge in [-0.1, -0.05) is 94.7 Å². The summed E-state index contributed by atoms with van der Waals surface area (Å²) in [5.74, 6) is -0.987. The molecule has 0 bridgehead atoms. The van der Waals surface area contributed by atoms with Crippen molar-refractivity contribution in [1.29, 1.82) is 0 Å². The minimum atomic E-state index is -1.14. The van der Waals surface area contributed by atoms with Gasteiger partial charge in [-0.25, -0.2) is 4.39 Å². The van der Waals surface area contributed by atoms with Gasteiger partial charge in [-0.3, -0.25) is 9.59 Å². The second-order valence-corrected chi connectivity index (χ2v) is 11.4. The monoisotopic (exact) mass is 580 g/mol. The van der Waals surface area contributed by atoms with E-state index < -0.39 is 35.9 Å². The summed E-state index contributed by atoms with van der Waals surface area (Å²) in [6.07, 6.45) is 10.0. The molecule has 4 rings (SSSR count). The normalized spacial score (nSPS) is 20.7. The van der Waals surface area contributed by atoms with Crippen LogP contribution in [0.5, 0.6) is 5.75 Å². The first-order valence-electron chi connectivity index (χ1n) is 15.5. The van der Waals surface area contributed by atoms with Crippen LogP contribution in [0.25, 0.3) is 0 Å². The van der Waals surface area contributed by atoms with Crippen LogP contribution in [-0.2, 0) is 16.1 Å². The number of carbonyl (C=O) groups is 2. The van der Waals surface area contributed by atoms with Crippen LogP contribution >= 0.6 is 0 Å². The topological polar surface area (TPSA) is 99.1 Å². The van der Waals surface area contributed by atoms with E-state index in [1.54, 1.807) is 30.3 Å². The zero-order valence-corrected chi connectivity index (χ0v) is 24.6. The van der Waals surface area contributed by atoms with Crippen molar-refractivity contribution in [2.75, 3.05) is 13.2 Å². The molecular formula is C34H45FN2O5. The first kappa shape index (κ1) is 31.7. The van der Waals surface area contributed by atoms with Gasteiger partial charge in [0, 0.05) is 36.2 Å². The van der Waals surface area contributed by atoms with Gasteiger partial charge in [0.05, 0.1) is 18.6 Å². The molecule has 0 spiro atoms. The van der Waals surface area contributed by atoms with Crippen LogP contribution in [0.4, 0.5) is 4.39 Å². The highest BCUT2D eigenvalue weighted by Crippen LogP contribution is 2.47. The quantitative estimate of drug-likeness (QED) is 0.231. The fourth-order valence-electron chi connectivity index (χ4n) is 6.09. The molecule has 0 saturated carbocycles. The Bertz CT molecular complexity index is 1220. The van der Waals surface area contributed by atoms with Crippen molar-refractivity contribution in [2.24, 2.45) is 0 Å². The van der Waals surface area contributed by atoms with Crippen molar-refractivity contribution in [2.45, 2.75) is 102 Å². The summed E-state index contributed by atoms with van der Waals surface area (Å²) in [7, 11) is 0. The Hall–Kier alpha value is -3.23. The third-order valence-corrected chi connectivity index (χ3v) is 8.35. The number of benzene rings is 2. The number of rotatable bonds is 16. The van der Waals surface area contributed by atoms with Crippen LogP contribution in [0.1, 0.15) is 88.2 Å². The number of hydrogen-bond donors (Lipinski definition) is 3. The standard InChI is InChI=1S/C34H45FN2O5/c1-2-3-4-5-6-7-8-9-10-19-30(39)37(23-24-15-11-13-17-27(24)35)28-22-26(34(41)36-20-21-38)31-25-16-12-14-18-29(25)42-33(31)32(28)40/h11-18,22,28,31-33,38,40H,2-10,19-21,23H2,1H3,(H,36,41). The second-order valence-electron chi connectivity index (χ2n) is 11.4. The maximum atomic E-state index is 14.8. The molecule has 2 aromatic rings. The predicted molar refractivity (Wildman–Crippen MR) is 160 cm³/mol. The highest BCUT2D eigenvalue weighted by atomic mass is 19.1. The molecule has 2 amide bonds. The molecule has 0 saturated heterocycles. The maximum Gasteiger partial charge on any atom is 0.247 e. The van der Waals surface area contributed by atoms with Gasteiger partial charge in [0.15, 0.2) is 0 Å². The van der Waals surface area contributed by atoms with Crippen LogP contribution in [0.3, 0.4) is 0 Å². The van der Waals surface area contributed by atoms with Crippen LogP contribution in [0.15, 0.2) is 60.2 Å². The summed E-state index contributed by atoms with van der Waals surface area (Å²) >= 11 is 0. The summed E-state index contributed by atoms with van der Waals surface area (Å²) in [6.45, 7) is 2.01. The number of amides is 2. The molecule has 2 aliphatic rings. The van der Waals surface area contributed by atoms with Crippen molar-refractivity contribution in [3.8, 4) is 5.75 Å². The van der Waals surface area contributed by atoms with Crippen LogP contribution < -0.4 is 10.1 Å². The molecule has 0 aromatic heterocycles. The number of ether oxygens (including phenoxy) is 1. The average Bonchev–Trinajstić information content (AvgIpc) is 3.39. The number of unbranched alkanes of at least 4 members (excludes halogenated alkanes) is 8. The number of fused-ring (bicyclic) bond motifs is 3. The Morgan fingerprint density at radius 2 is 1.62 bits per heavy atom. The van der Waals surface area contributed by atoms with Crippen molar-refractivity contribution in [3.63, 3.8) is 0 Å². The molecule has 3 N–H and O–H groups in total. The van der Waals surface area contributed by atoms with Crippen LogP contribution in [0.2, 0.25) is 0 Å². The summed E-state index contributed by atoms with van der Waals surface area (Å²) in [6, 6.07) is 12.7. The predicted octanol–water partition coefficient (Wildman–Crippen LogP) is 5.40. The molecule has 228 valence electrons. The maximum absolute atomic E-state index is 14.8. The lowest BCUT2D eigenvalue weighted by Gasteiger charge is -2.41. The molecular weight excluding hydrogens is 535 g/mol. The molecule has 0 fully saturated rings. The second kappa shape index (κ2) is 15.8. The van der Waals surface area contributed by atoms with Crippen molar-refractivity contribution >= 4 is 11.8 Å². The lowest BCUT2D eigenvalue weighted by Crippen LogP contribution is -2.55. The van der Waals surface area contributed by atoms with Gasteiger partial charge >= 0.3 is 0 Å². The number of nitrogens with one attached hydrogen (secondary N) is 1. The Balaban J connectivity index is 1.55. The third-order valence-electron chi connectivity index (χ3n) is 8.35. The number of halogens is 1. The van der Waals surface area contributed by atoms with E-state index in [-0.39, 0.29) is 32.0 Å². The van der Waals surface area contributed by atoms with E-state index in [0.717, 1.165) is 24.8 Å². The smallest absolute Gasteiger partial charge is 0.247 e. The van der Waals surface area contributed by atoms with Crippen molar-refractivity contribution in [3.05, 3.63) is 77.1 Å². The van der Waals surface area contributed by atoms with E-state index in [2.05, 4.69) is 12.2 Å². The van der Waals surface area contributed by atoms with E-state index >= 15 is 0 Å². The molecule has 1 aliphatic carbocycles. The van der Waals surface area contributed by atoms with Crippen LogP contribution in [-0.4, -0.2) is 58.3 Å². The minimum Gasteiger partial charge on any atom is -0.486 e. The SMILES string of the molecule is CCCCCCCCCCCC(=O)N(Cc1ccccc1F)C1C=C(C(=O)NCCO)C2c3ccccc3OC2C1O. The van der Waals surface area contributed by atoms with Gasteiger partial charge in [0.1, 0.15) is 23.8 Å². The number of aliphatic hydroxyl groups excluding tert-OH is 2. The fourth-order valence-corrected chi connectivity index (χ4v) is 6.09. The lowest BCUT2D eigenvalue weighted by molar-refractivity contribution is -0.138. The van der Waals surface area contributed by atoms with Gasteiger partial charge in [-0.2, -0.15) is 0 Å². The van der Waals surface area contributed by atoms with Crippen molar-refractivity contribution < 1.29 is 28.9 Å². The average molecular weight is 581 g/mol. The lowest BCUT2D eigenvalue weighted by atomic mass is 9.77. The fraction of sp³-hybridized carbons (Fsp3) is 0.529. The summed E-state index contributed by atoms with van der Waals surface area (Å²) in [5, 5.41) is 23.7. The largest absolute Gasteiger partial charge is 0.486 e. The Kier molecular flexibility index (Phi) is 12.0. The first-order chi connectivity index (χ1) is 20.5. The van der Waals surface area contributed by atoms with Gasteiger partial charge in [-0.15, -0.1) is 0 Å². The number of carbonyl (C=O) groups excluding carboxylic acids is 2. The molecule has 1 heterocycles. The third kappa shape index (κ3) is 7.78. The molecule has 8 heteroatoms. The molecule has 1 aliphatic heterocycles. The Labute approximate surface area is 248 Å². The number of nitrogens with zero attached hydrogens (tertiary/aromatic N) is 1. The van der Waals surface area contributed by atoms with Crippen molar-refractivity contribution in [1.82, 2.24) is 10.2 Å². The number of para-hydroxylation sites is 1. The van der Waals surface area contributed by atoms with Crippen LogP contribution in [0, 0.1) is 5.82 Å². The van der Waals surface area contributed by atoms with Gasteiger partial charge in [-0.05, 0) is 24.6 Å². The highest BCUT2D eigenvalue weighted by Gasteiger charge is 2.50. The molecule has 42 heavy (non-hydrogen) atoms. The zero-order valence-electron chi connectivity index (χ0n) is 24.6. The molecule has 4 unspecified atom stereocenters. The highest BCUT2D eigenvalue weighted by molar-refractivity contribution is 5.96. The Morgan fingerprint density at radius 1 is 0.952 bits per heavy atom. The minimum absolute atomic E-state index is 0.0446. The van der Waals surface area contributed by atoms with Gasteiger partial charge in [0.2, 0.25) is 11.8 Å². The number of hydrogen-bond acceptors (Lipinski definition) is 5. The summed E-state index contributed by atoms with van der Waals surface area (Å²) in [5.41, 5.74) is 1.48. The molecule has 0 radical (unpaired) electrons. The zero-order chi connectivity index (χ0) is 29.9. The van der Waals surface area contributed by atoms with E-state index in [9.17, 15) is 24.2 Å². The first-order valence-corrected chi connectivity index (χ1v) is 15.5. The molecule has 2 aromatic carbocycles. The molecule has 7 nitrogen and oxygen atoms in total.